The Labute approximate surface area is 169 Å². The normalized spacial score (nSPS) is 15.0. The number of nitrogens with two attached hydrogens (primary N) is 1. The van der Waals surface area contributed by atoms with Crippen molar-refractivity contribution in [2.75, 3.05) is 20.1 Å². The van der Waals surface area contributed by atoms with Crippen molar-refractivity contribution in [3.63, 3.8) is 0 Å². The number of aromatic nitrogens is 1. The Morgan fingerprint density at radius 3 is 2.59 bits per heavy atom. The first-order chi connectivity index (χ1) is 14.1. The van der Waals surface area contributed by atoms with Gasteiger partial charge in [-0.25, -0.2) is 0 Å². The number of nitrogens with zero attached hydrogens (tertiary/aromatic N) is 2. The summed E-state index contributed by atoms with van der Waals surface area (Å²) in [4.78, 5) is 21.5. The molecule has 0 atom stereocenters. The summed E-state index contributed by atoms with van der Waals surface area (Å²) in [6, 6.07) is 15.6. The molecule has 7 nitrogen and oxygen atoms in total. The third kappa shape index (κ3) is 4.57. The third-order valence-corrected chi connectivity index (χ3v) is 5.07. The summed E-state index contributed by atoms with van der Waals surface area (Å²) in [5, 5.41) is 3.53. The number of benzene rings is 2. The number of hydrogen-bond donors (Lipinski definition) is 3. The molecule has 0 bridgehead atoms. The van der Waals surface area contributed by atoms with Crippen molar-refractivity contribution in [2.45, 2.75) is 19.4 Å². The first-order valence-electron chi connectivity index (χ1n) is 9.79. The Balaban J connectivity index is 1.46. The van der Waals surface area contributed by atoms with Crippen molar-refractivity contribution in [1.29, 1.82) is 0 Å². The molecule has 4 N–H and O–H groups in total. The van der Waals surface area contributed by atoms with Crippen LogP contribution in [0.15, 0.2) is 53.5 Å². The van der Waals surface area contributed by atoms with E-state index in [4.69, 9.17) is 10.5 Å². The highest BCUT2D eigenvalue weighted by molar-refractivity contribution is 6.04. The lowest BCUT2D eigenvalue weighted by Gasteiger charge is -2.14. The predicted molar refractivity (Wildman–Crippen MR) is 114 cm³/mol. The number of guanidine groups is 1. The first kappa shape index (κ1) is 19.0. The molecule has 1 saturated heterocycles. The molecule has 2 heterocycles. The summed E-state index contributed by atoms with van der Waals surface area (Å²) in [5.74, 6) is 1.13. The summed E-state index contributed by atoms with van der Waals surface area (Å²) in [7, 11) is 1.61. The second-order valence-corrected chi connectivity index (χ2v) is 7.21. The van der Waals surface area contributed by atoms with Crippen LogP contribution in [0.4, 0.5) is 0 Å². The van der Waals surface area contributed by atoms with E-state index in [-0.39, 0.29) is 5.96 Å². The zero-order chi connectivity index (χ0) is 20.2. The summed E-state index contributed by atoms with van der Waals surface area (Å²) >= 11 is 0. The van der Waals surface area contributed by atoms with Gasteiger partial charge in [-0.05, 0) is 61.8 Å². The highest BCUT2D eigenvalue weighted by Gasteiger charge is 2.12. The van der Waals surface area contributed by atoms with Gasteiger partial charge in [0.2, 0.25) is 0 Å². The number of nitrogens with one attached hydrogen (secondary N) is 2. The van der Waals surface area contributed by atoms with Gasteiger partial charge in [-0.2, -0.15) is 4.99 Å². The van der Waals surface area contributed by atoms with Crippen molar-refractivity contribution in [2.24, 2.45) is 10.7 Å². The van der Waals surface area contributed by atoms with Crippen LogP contribution >= 0.6 is 0 Å². The van der Waals surface area contributed by atoms with Crippen LogP contribution < -0.4 is 15.8 Å². The molecule has 1 amide bonds. The number of fused-ring (bicyclic) bond motifs is 1. The Kier molecular flexibility index (Phi) is 5.48. The number of ether oxygens (including phenoxy) is 1. The molecule has 2 aromatic carbocycles. The van der Waals surface area contributed by atoms with E-state index in [1.165, 1.54) is 31.5 Å². The van der Waals surface area contributed by atoms with E-state index < -0.39 is 5.91 Å². The van der Waals surface area contributed by atoms with Gasteiger partial charge in [0, 0.05) is 30.6 Å². The van der Waals surface area contributed by atoms with Crippen molar-refractivity contribution < 1.29 is 9.53 Å². The highest BCUT2D eigenvalue weighted by atomic mass is 16.5. The molecular weight excluding hydrogens is 366 g/mol. The van der Waals surface area contributed by atoms with E-state index in [9.17, 15) is 4.79 Å². The van der Waals surface area contributed by atoms with Gasteiger partial charge >= 0.3 is 0 Å². The second kappa shape index (κ2) is 8.36. The largest absolute Gasteiger partial charge is 0.457 e. The van der Waals surface area contributed by atoms with Gasteiger partial charge in [0.15, 0.2) is 5.96 Å². The maximum Gasteiger partial charge on any atom is 0.296 e. The average Bonchev–Trinajstić information content (AvgIpc) is 3.38. The number of amides is 1. The molecule has 0 radical (unpaired) electrons. The Hall–Kier alpha value is -3.32. The van der Waals surface area contributed by atoms with Crippen LogP contribution in [-0.2, 0) is 6.54 Å². The fourth-order valence-corrected chi connectivity index (χ4v) is 3.51. The van der Waals surface area contributed by atoms with Crippen LogP contribution in [0.1, 0.15) is 28.9 Å². The number of H-pyrrole nitrogens is 1. The average molecular weight is 391 g/mol. The summed E-state index contributed by atoms with van der Waals surface area (Å²) in [6.07, 6.45) is 2.59. The molecule has 29 heavy (non-hydrogen) atoms. The second-order valence-electron chi connectivity index (χ2n) is 7.21. The number of rotatable bonds is 5. The molecule has 7 heteroatoms. The molecule has 4 rings (SSSR count). The van der Waals surface area contributed by atoms with E-state index in [2.05, 4.69) is 32.3 Å². The lowest BCUT2D eigenvalue weighted by Crippen LogP contribution is -2.28. The van der Waals surface area contributed by atoms with Gasteiger partial charge in [0.05, 0.1) is 0 Å². The van der Waals surface area contributed by atoms with Crippen LogP contribution in [0.2, 0.25) is 0 Å². The molecule has 0 unspecified atom stereocenters. The fraction of sp³-hybridized carbons (Fsp3) is 0.273. The Bertz CT molecular complexity index is 1030. The molecule has 1 aliphatic rings. The van der Waals surface area contributed by atoms with Crippen molar-refractivity contribution in [3.05, 3.63) is 59.8 Å². The summed E-state index contributed by atoms with van der Waals surface area (Å²) in [6.45, 7) is 3.36. The van der Waals surface area contributed by atoms with Crippen molar-refractivity contribution in [1.82, 2.24) is 15.2 Å². The summed E-state index contributed by atoms with van der Waals surface area (Å²) < 4.78 is 5.99. The van der Waals surface area contributed by atoms with Gasteiger partial charge in [0.25, 0.3) is 5.91 Å². The number of hydrogen-bond acceptors (Lipinski definition) is 3. The molecule has 1 aromatic heterocycles. The van der Waals surface area contributed by atoms with Crippen LogP contribution in [0.5, 0.6) is 11.5 Å². The predicted octanol–water partition coefficient (Wildman–Crippen LogP) is 3.23. The smallest absolute Gasteiger partial charge is 0.296 e. The zero-order valence-corrected chi connectivity index (χ0v) is 16.4. The van der Waals surface area contributed by atoms with Gasteiger partial charge in [-0.15, -0.1) is 0 Å². The maximum atomic E-state index is 12.1. The molecule has 1 fully saturated rings. The Morgan fingerprint density at radius 1 is 1.14 bits per heavy atom. The summed E-state index contributed by atoms with van der Waals surface area (Å²) in [5.41, 5.74) is 8.03. The van der Waals surface area contributed by atoms with Gasteiger partial charge in [-0.1, -0.05) is 12.1 Å². The van der Waals surface area contributed by atoms with Gasteiger partial charge in [0.1, 0.15) is 17.2 Å². The fourth-order valence-electron chi connectivity index (χ4n) is 3.51. The monoisotopic (exact) mass is 391 g/mol. The van der Waals surface area contributed by atoms with Crippen molar-refractivity contribution in [3.8, 4) is 11.5 Å². The van der Waals surface area contributed by atoms with Crippen molar-refractivity contribution >= 4 is 22.8 Å². The van der Waals surface area contributed by atoms with E-state index in [0.29, 0.717) is 11.4 Å². The lowest BCUT2D eigenvalue weighted by atomic mass is 10.2. The molecule has 1 aliphatic heterocycles. The van der Waals surface area contributed by atoms with E-state index >= 15 is 0 Å². The van der Waals surface area contributed by atoms with Crippen LogP contribution in [0.3, 0.4) is 0 Å². The maximum absolute atomic E-state index is 12.1. The molecular formula is C22H25N5O2. The molecule has 0 aliphatic carbocycles. The topological polar surface area (TPSA) is 95.7 Å². The van der Waals surface area contributed by atoms with Crippen LogP contribution in [0, 0.1) is 0 Å². The number of aliphatic imine (C=N–C) groups is 1. The van der Waals surface area contributed by atoms with Gasteiger partial charge in [-0.3, -0.25) is 9.69 Å². The van der Waals surface area contributed by atoms with Crippen LogP contribution in [0.25, 0.3) is 10.9 Å². The van der Waals surface area contributed by atoms with Crippen LogP contribution in [-0.4, -0.2) is 41.9 Å². The number of likely N-dealkylation sites (tertiary alicyclic amines) is 1. The molecule has 150 valence electrons. The SMILES string of the molecule is CNC(N)=NC(=O)c1cc2ccc(Oc3ccc(CN4CCCC4)cc3)cc2[nH]1. The zero-order valence-electron chi connectivity index (χ0n) is 16.4. The van der Waals surface area contributed by atoms with E-state index in [1.807, 2.05) is 30.3 Å². The third-order valence-electron chi connectivity index (χ3n) is 5.07. The first-order valence-corrected chi connectivity index (χ1v) is 9.79. The Morgan fingerprint density at radius 2 is 1.86 bits per heavy atom. The molecule has 3 aromatic rings. The lowest BCUT2D eigenvalue weighted by molar-refractivity contribution is 0.0998. The molecule has 0 spiro atoms. The van der Waals surface area contributed by atoms with E-state index in [1.54, 1.807) is 13.1 Å². The number of aromatic amines is 1. The quantitative estimate of drug-likeness (QED) is 0.458. The molecule has 0 saturated carbocycles. The number of carbonyl (C=O) groups is 1. The van der Waals surface area contributed by atoms with Gasteiger partial charge < -0.3 is 20.8 Å². The highest BCUT2D eigenvalue weighted by Crippen LogP contribution is 2.27. The number of carbonyl (C=O) groups excluding carboxylic acids is 1. The minimum absolute atomic E-state index is 0.0749. The minimum Gasteiger partial charge on any atom is -0.457 e. The standard InChI is InChI=1S/C22H25N5O2/c1-24-22(23)26-21(28)20-12-16-6-9-18(13-19(16)25-20)29-17-7-4-15(5-8-17)14-27-10-2-3-11-27/h4-9,12-13,25H,2-3,10-11,14H2,1H3,(H3,23,24,26,28). The minimum atomic E-state index is -0.427. The van der Waals surface area contributed by atoms with E-state index in [0.717, 1.165) is 23.2 Å².